The molecule has 0 saturated heterocycles. The van der Waals surface area contributed by atoms with Crippen molar-refractivity contribution in [2.45, 2.75) is 4.90 Å². The summed E-state index contributed by atoms with van der Waals surface area (Å²) in [5, 5.41) is 2.99. The van der Waals surface area contributed by atoms with Crippen LogP contribution in [0.1, 0.15) is 0 Å². The van der Waals surface area contributed by atoms with E-state index >= 15 is 0 Å². The molecular weight excluding hydrogens is 158 g/mol. The number of hydrogen-bond acceptors (Lipinski definition) is 2. The second-order valence-corrected chi connectivity index (χ2v) is 5.15. The van der Waals surface area contributed by atoms with E-state index in [0.717, 1.165) is 10.6 Å². The summed E-state index contributed by atoms with van der Waals surface area (Å²) < 4.78 is 11.7. The summed E-state index contributed by atoms with van der Waals surface area (Å²) in [6.45, 7) is 0. The molecule has 1 atom stereocenters. The smallest absolute Gasteiger partial charge is 0.0592 e. The van der Waals surface area contributed by atoms with Crippen LogP contribution >= 0.6 is 0 Å². The predicted octanol–water partition coefficient (Wildman–Crippen LogP) is 1.14. The Bertz CT molecular complexity index is 402. The Hall–Kier alpha value is -0.960. The second-order valence-electron chi connectivity index (χ2n) is 2.66. The van der Waals surface area contributed by atoms with Gasteiger partial charge in [0.25, 0.3) is 0 Å². The van der Waals surface area contributed by atoms with Crippen molar-refractivity contribution in [2.75, 3.05) is 11.6 Å². The van der Waals surface area contributed by atoms with Crippen molar-refractivity contribution in [2.24, 2.45) is 0 Å². The van der Waals surface area contributed by atoms with E-state index in [9.17, 15) is 4.21 Å². The van der Waals surface area contributed by atoms with Crippen molar-refractivity contribution in [3.8, 4) is 0 Å². The maximum Gasteiger partial charge on any atom is 0.0592 e. The third-order valence-electron chi connectivity index (χ3n) is 1.76. The molecule has 1 unspecified atom stereocenters. The summed E-state index contributed by atoms with van der Waals surface area (Å²) in [5.41, 5.74) is 2.64. The standard InChI is InChI=1S/C8H9NOS/c1-11(10)6-9-7-4-2-3-5-8(7)11/h2-6,9H,1H3. The lowest BCUT2D eigenvalue weighted by atomic mass is 10.3. The second kappa shape index (κ2) is 2.01. The van der Waals surface area contributed by atoms with Crippen LogP contribution in [0.5, 0.6) is 0 Å². The molecule has 1 heterocycles. The fourth-order valence-corrected chi connectivity index (χ4v) is 2.57. The maximum absolute atomic E-state index is 11.7. The molecule has 0 aliphatic carbocycles. The Morgan fingerprint density at radius 1 is 1.36 bits per heavy atom. The largest absolute Gasteiger partial charge is 0.354 e. The van der Waals surface area contributed by atoms with Gasteiger partial charge in [-0.3, -0.25) is 4.21 Å². The molecule has 2 nitrogen and oxygen atoms in total. The van der Waals surface area contributed by atoms with Crippen LogP contribution in [0.15, 0.2) is 29.2 Å². The lowest BCUT2D eigenvalue weighted by molar-refractivity contribution is 0.685. The molecule has 1 N–H and O–H groups in total. The average Bonchev–Trinajstić information content (AvgIpc) is 2.29. The van der Waals surface area contributed by atoms with Gasteiger partial charge in [0.15, 0.2) is 0 Å². The molecule has 1 aromatic rings. The fourth-order valence-electron chi connectivity index (χ4n) is 1.18. The Morgan fingerprint density at radius 2 is 2.09 bits per heavy atom. The fraction of sp³-hybridized carbons (Fsp3) is 0.125. The third kappa shape index (κ3) is 0.922. The van der Waals surface area contributed by atoms with Gasteiger partial charge in [-0.05, 0) is 12.1 Å². The summed E-state index contributed by atoms with van der Waals surface area (Å²) in [4.78, 5) is 0.917. The van der Waals surface area contributed by atoms with Crippen LogP contribution in [-0.4, -0.2) is 16.0 Å². The van der Waals surface area contributed by atoms with E-state index in [4.69, 9.17) is 0 Å². The summed E-state index contributed by atoms with van der Waals surface area (Å²) in [6.07, 6.45) is 1.74. The van der Waals surface area contributed by atoms with Crippen LogP contribution in [0.25, 0.3) is 0 Å². The number of para-hydroxylation sites is 1. The molecule has 0 bridgehead atoms. The van der Waals surface area contributed by atoms with Crippen molar-refractivity contribution in [1.82, 2.24) is 0 Å². The van der Waals surface area contributed by atoms with E-state index in [1.165, 1.54) is 0 Å². The molecule has 0 amide bonds. The molecule has 0 fully saturated rings. The quantitative estimate of drug-likeness (QED) is 0.587. The first-order chi connectivity index (χ1) is 5.20. The minimum atomic E-state index is -1.89. The van der Waals surface area contributed by atoms with Crippen LogP contribution in [0, 0.1) is 0 Å². The Labute approximate surface area is 66.3 Å². The van der Waals surface area contributed by atoms with Crippen molar-refractivity contribution in [3.05, 3.63) is 24.3 Å². The zero-order valence-electron chi connectivity index (χ0n) is 6.20. The number of fused-ring (bicyclic) bond motifs is 1. The zero-order valence-corrected chi connectivity index (χ0v) is 7.02. The highest BCUT2D eigenvalue weighted by Gasteiger charge is 2.14. The summed E-state index contributed by atoms with van der Waals surface area (Å²) >= 11 is 0. The Morgan fingerprint density at radius 3 is 2.82 bits per heavy atom. The van der Waals surface area contributed by atoms with E-state index in [1.54, 1.807) is 11.7 Å². The highest BCUT2D eigenvalue weighted by Crippen LogP contribution is 2.24. The third-order valence-corrected chi connectivity index (χ3v) is 3.56. The summed E-state index contributed by atoms with van der Waals surface area (Å²) in [5.74, 6) is 0. The Balaban J connectivity index is 2.76. The number of anilines is 1. The van der Waals surface area contributed by atoms with E-state index < -0.39 is 9.52 Å². The molecule has 1 aromatic carbocycles. The molecular formula is C8H9NOS. The van der Waals surface area contributed by atoms with Crippen LogP contribution in [0.3, 0.4) is 0 Å². The zero-order chi connectivity index (χ0) is 7.90. The first-order valence-corrected chi connectivity index (χ1v) is 5.41. The molecule has 1 aliphatic rings. The molecule has 0 spiro atoms. The highest BCUT2D eigenvalue weighted by molar-refractivity contribution is 8.01. The first-order valence-electron chi connectivity index (χ1n) is 3.38. The molecule has 2 rings (SSSR count). The normalized spacial score (nSPS) is 27.0. The van der Waals surface area contributed by atoms with E-state index in [0.29, 0.717) is 0 Å². The average molecular weight is 167 g/mol. The van der Waals surface area contributed by atoms with E-state index in [2.05, 4.69) is 5.32 Å². The van der Waals surface area contributed by atoms with Gasteiger partial charge in [-0.25, -0.2) is 0 Å². The summed E-state index contributed by atoms with van der Waals surface area (Å²) in [7, 11) is -1.89. The first kappa shape index (κ1) is 6.73. The topological polar surface area (TPSA) is 29.1 Å². The maximum atomic E-state index is 11.7. The molecule has 0 aromatic heterocycles. The van der Waals surface area contributed by atoms with Gasteiger partial charge in [-0.1, -0.05) is 12.1 Å². The highest BCUT2D eigenvalue weighted by atomic mass is 32.2. The molecule has 0 saturated carbocycles. The summed E-state index contributed by atoms with van der Waals surface area (Å²) in [6, 6.07) is 7.67. The molecule has 11 heavy (non-hydrogen) atoms. The SMILES string of the molecule is CS1(=O)=CNc2ccccc21. The van der Waals surface area contributed by atoms with Gasteiger partial charge < -0.3 is 5.32 Å². The minimum Gasteiger partial charge on any atom is -0.354 e. The van der Waals surface area contributed by atoms with Crippen LogP contribution in [0.4, 0.5) is 5.69 Å². The lowest BCUT2D eigenvalue weighted by Gasteiger charge is -1.98. The van der Waals surface area contributed by atoms with Gasteiger partial charge in [0.2, 0.25) is 0 Å². The van der Waals surface area contributed by atoms with Gasteiger partial charge in [0, 0.05) is 15.8 Å². The molecule has 1 aliphatic heterocycles. The monoisotopic (exact) mass is 167 g/mol. The molecule has 0 radical (unpaired) electrons. The lowest BCUT2D eigenvalue weighted by Crippen LogP contribution is -1.96. The van der Waals surface area contributed by atoms with Gasteiger partial charge in [-0.2, -0.15) is 0 Å². The number of nitrogens with one attached hydrogen (secondary N) is 1. The van der Waals surface area contributed by atoms with Gasteiger partial charge in [0.05, 0.1) is 16.1 Å². The minimum absolute atomic E-state index is 0.917. The van der Waals surface area contributed by atoms with Crippen molar-refractivity contribution >= 4 is 20.7 Å². The number of benzene rings is 1. The Kier molecular flexibility index (Phi) is 1.23. The van der Waals surface area contributed by atoms with E-state index in [-0.39, 0.29) is 0 Å². The van der Waals surface area contributed by atoms with Crippen molar-refractivity contribution < 1.29 is 4.21 Å². The predicted molar refractivity (Wildman–Crippen MR) is 48.5 cm³/mol. The van der Waals surface area contributed by atoms with Crippen LogP contribution in [-0.2, 0) is 9.52 Å². The van der Waals surface area contributed by atoms with Crippen LogP contribution < -0.4 is 5.32 Å². The number of hydrogen-bond donors (Lipinski definition) is 1. The van der Waals surface area contributed by atoms with Crippen molar-refractivity contribution in [1.29, 1.82) is 0 Å². The molecule has 3 heteroatoms. The van der Waals surface area contributed by atoms with Gasteiger partial charge in [-0.15, -0.1) is 0 Å². The number of rotatable bonds is 0. The molecule has 58 valence electrons. The van der Waals surface area contributed by atoms with Crippen molar-refractivity contribution in [3.63, 3.8) is 0 Å². The van der Waals surface area contributed by atoms with Gasteiger partial charge in [0.1, 0.15) is 0 Å². The van der Waals surface area contributed by atoms with E-state index in [1.807, 2.05) is 24.3 Å². The van der Waals surface area contributed by atoms with Crippen LogP contribution in [0.2, 0.25) is 0 Å². The van der Waals surface area contributed by atoms with Gasteiger partial charge >= 0.3 is 0 Å².